The van der Waals surface area contributed by atoms with Gasteiger partial charge in [0.2, 0.25) is 0 Å². The number of hydrogen-bond donors (Lipinski definition) is 1. The molecule has 118 valence electrons. The molecule has 1 aliphatic rings. The highest BCUT2D eigenvalue weighted by Crippen LogP contribution is 2.14. The Hall–Kier alpha value is -1.66. The molecule has 2 aromatic heterocycles. The summed E-state index contributed by atoms with van der Waals surface area (Å²) >= 11 is 1.46. The number of carbonyl (C=O) groups excluding carboxylic acids is 1. The number of amides is 1. The third-order valence-electron chi connectivity index (χ3n) is 3.93. The molecule has 0 radical (unpaired) electrons. The van der Waals surface area contributed by atoms with Gasteiger partial charge in [0.25, 0.3) is 5.91 Å². The van der Waals surface area contributed by atoms with Gasteiger partial charge in [-0.15, -0.1) is 11.3 Å². The fourth-order valence-corrected chi connectivity index (χ4v) is 3.34. The Morgan fingerprint density at radius 3 is 3.14 bits per heavy atom. The van der Waals surface area contributed by atoms with Crippen molar-refractivity contribution in [3.63, 3.8) is 0 Å². The summed E-state index contributed by atoms with van der Waals surface area (Å²) in [6.07, 6.45) is 2.48. The average molecular weight is 318 g/mol. The van der Waals surface area contributed by atoms with Gasteiger partial charge in [0.05, 0.1) is 29.4 Å². The summed E-state index contributed by atoms with van der Waals surface area (Å²) in [6.45, 7) is 6.85. The highest BCUT2D eigenvalue weighted by atomic mass is 32.1. The molecular formula is C16H22N4OS. The molecule has 3 heterocycles. The first kappa shape index (κ1) is 15.2. The predicted molar refractivity (Wildman–Crippen MR) is 87.9 cm³/mol. The molecule has 2 aromatic rings. The molecule has 0 saturated carbocycles. The summed E-state index contributed by atoms with van der Waals surface area (Å²) in [7, 11) is 0. The van der Waals surface area contributed by atoms with Gasteiger partial charge in [0.15, 0.2) is 0 Å². The lowest BCUT2D eigenvalue weighted by Crippen LogP contribution is -2.34. The zero-order chi connectivity index (χ0) is 15.4. The summed E-state index contributed by atoms with van der Waals surface area (Å²) in [5.74, 6) is -0.0226. The van der Waals surface area contributed by atoms with Crippen LogP contribution in [0.3, 0.4) is 0 Å². The molecule has 22 heavy (non-hydrogen) atoms. The highest BCUT2D eigenvalue weighted by Gasteiger charge is 2.18. The topological polar surface area (TPSA) is 50.2 Å². The van der Waals surface area contributed by atoms with Gasteiger partial charge in [-0.2, -0.15) is 5.10 Å². The van der Waals surface area contributed by atoms with E-state index in [1.165, 1.54) is 29.9 Å². The number of hydrogen-bond acceptors (Lipinski definition) is 4. The molecule has 6 heteroatoms. The minimum absolute atomic E-state index is 0.0226. The van der Waals surface area contributed by atoms with Gasteiger partial charge < -0.3 is 5.32 Å². The fraction of sp³-hybridized carbons (Fsp3) is 0.500. The third-order valence-corrected chi connectivity index (χ3v) is 4.80. The Morgan fingerprint density at radius 1 is 1.45 bits per heavy atom. The minimum Gasteiger partial charge on any atom is -0.346 e. The van der Waals surface area contributed by atoms with Gasteiger partial charge in [0.1, 0.15) is 0 Å². The lowest BCUT2D eigenvalue weighted by molar-refractivity contribution is 0.0954. The molecule has 1 aliphatic heterocycles. The molecule has 3 rings (SSSR count). The Kier molecular flexibility index (Phi) is 4.90. The van der Waals surface area contributed by atoms with Gasteiger partial charge in [-0.25, -0.2) is 0 Å². The van der Waals surface area contributed by atoms with Crippen LogP contribution < -0.4 is 5.32 Å². The molecule has 5 nitrogen and oxygen atoms in total. The molecule has 0 bridgehead atoms. The van der Waals surface area contributed by atoms with Crippen LogP contribution in [0.5, 0.6) is 0 Å². The van der Waals surface area contributed by atoms with Crippen molar-refractivity contribution in [2.45, 2.75) is 39.4 Å². The molecule has 0 spiro atoms. The first-order valence-corrected chi connectivity index (χ1v) is 8.74. The standard InChI is InChI=1S/C16H22N4OS/c1-2-3-6-19-7-8-20-14(12-19)10-13(18-20)11-17-16(21)15-5-4-9-22-15/h4-5,9-10H,2-3,6-8,11-12H2,1H3,(H,17,21). The molecule has 0 aliphatic carbocycles. The molecule has 0 saturated heterocycles. The summed E-state index contributed by atoms with van der Waals surface area (Å²) < 4.78 is 2.08. The number of carbonyl (C=O) groups is 1. The smallest absolute Gasteiger partial charge is 0.261 e. The molecule has 0 atom stereocenters. The van der Waals surface area contributed by atoms with Crippen LogP contribution >= 0.6 is 11.3 Å². The number of thiophene rings is 1. The number of unbranched alkanes of at least 4 members (excludes halogenated alkanes) is 1. The van der Waals surface area contributed by atoms with Gasteiger partial charge in [0, 0.05) is 13.1 Å². The number of aromatic nitrogens is 2. The summed E-state index contributed by atoms with van der Waals surface area (Å²) in [4.78, 5) is 15.2. The van der Waals surface area contributed by atoms with Crippen molar-refractivity contribution in [3.05, 3.63) is 39.8 Å². The quantitative estimate of drug-likeness (QED) is 0.890. The van der Waals surface area contributed by atoms with Crippen molar-refractivity contribution in [1.82, 2.24) is 20.0 Å². The molecule has 0 fully saturated rings. The maximum absolute atomic E-state index is 11.9. The fourth-order valence-electron chi connectivity index (χ4n) is 2.70. The molecule has 1 N–H and O–H groups in total. The van der Waals surface area contributed by atoms with E-state index in [0.717, 1.165) is 36.8 Å². The van der Waals surface area contributed by atoms with Gasteiger partial charge in [-0.3, -0.25) is 14.4 Å². The molecular weight excluding hydrogens is 296 g/mol. The number of fused-ring (bicyclic) bond motifs is 1. The average Bonchev–Trinajstić information content (AvgIpc) is 3.19. The highest BCUT2D eigenvalue weighted by molar-refractivity contribution is 7.12. The Balaban J connectivity index is 1.56. The minimum atomic E-state index is -0.0226. The first-order chi connectivity index (χ1) is 10.8. The van der Waals surface area contributed by atoms with Crippen LogP contribution in [-0.4, -0.2) is 33.7 Å². The van der Waals surface area contributed by atoms with Crippen molar-refractivity contribution in [2.24, 2.45) is 0 Å². The van der Waals surface area contributed by atoms with Crippen LogP contribution in [0.1, 0.15) is 40.8 Å². The van der Waals surface area contributed by atoms with E-state index in [-0.39, 0.29) is 5.91 Å². The maximum Gasteiger partial charge on any atom is 0.261 e. The van der Waals surface area contributed by atoms with Crippen molar-refractivity contribution in [1.29, 1.82) is 0 Å². The summed E-state index contributed by atoms with van der Waals surface area (Å²) in [6, 6.07) is 5.84. The number of nitrogens with one attached hydrogen (secondary N) is 1. The van der Waals surface area contributed by atoms with Gasteiger partial charge in [-0.05, 0) is 30.5 Å². The Morgan fingerprint density at radius 2 is 2.36 bits per heavy atom. The second kappa shape index (κ2) is 7.07. The second-order valence-corrected chi connectivity index (χ2v) is 6.59. The van der Waals surface area contributed by atoms with E-state index in [4.69, 9.17) is 0 Å². The molecule has 1 amide bonds. The predicted octanol–water partition coefficient (Wildman–Crippen LogP) is 2.49. The zero-order valence-corrected chi connectivity index (χ0v) is 13.7. The van der Waals surface area contributed by atoms with Crippen molar-refractivity contribution in [3.8, 4) is 0 Å². The third kappa shape index (κ3) is 3.56. The van der Waals surface area contributed by atoms with E-state index in [1.807, 2.05) is 17.5 Å². The van der Waals surface area contributed by atoms with Crippen molar-refractivity contribution < 1.29 is 4.79 Å². The lowest BCUT2D eigenvalue weighted by Gasteiger charge is -2.27. The summed E-state index contributed by atoms with van der Waals surface area (Å²) in [5.41, 5.74) is 2.19. The normalized spacial score (nSPS) is 14.8. The lowest BCUT2D eigenvalue weighted by atomic mass is 10.2. The van der Waals surface area contributed by atoms with Crippen LogP contribution in [0.25, 0.3) is 0 Å². The largest absolute Gasteiger partial charge is 0.346 e. The number of nitrogens with zero attached hydrogens (tertiary/aromatic N) is 3. The number of rotatable bonds is 6. The second-order valence-electron chi connectivity index (χ2n) is 5.64. The Labute approximate surface area is 134 Å². The SMILES string of the molecule is CCCCN1CCn2nc(CNC(=O)c3cccs3)cc2C1. The van der Waals surface area contributed by atoms with Crippen LogP contribution in [0.2, 0.25) is 0 Å². The maximum atomic E-state index is 11.9. The van der Waals surface area contributed by atoms with Crippen molar-refractivity contribution in [2.75, 3.05) is 13.1 Å². The van der Waals surface area contributed by atoms with E-state index in [0.29, 0.717) is 6.54 Å². The monoisotopic (exact) mass is 318 g/mol. The van der Waals surface area contributed by atoms with Crippen molar-refractivity contribution >= 4 is 17.2 Å². The van der Waals surface area contributed by atoms with E-state index in [2.05, 4.69) is 33.0 Å². The zero-order valence-electron chi connectivity index (χ0n) is 12.9. The van der Waals surface area contributed by atoms with Crippen LogP contribution in [0.4, 0.5) is 0 Å². The van der Waals surface area contributed by atoms with E-state index >= 15 is 0 Å². The van der Waals surface area contributed by atoms with Crippen LogP contribution in [-0.2, 0) is 19.6 Å². The molecule has 0 aromatic carbocycles. The Bertz CT molecular complexity index is 620. The van der Waals surface area contributed by atoms with Gasteiger partial charge in [-0.1, -0.05) is 19.4 Å². The first-order valence-electron chi connectivity index (χ1n) is 7.86. The van der Waals surface area contributed by atoms with Crippen LogP contribution in [0.15, 0.2) is 23.6 Å². The van der Waals surface area contributed by atoms with E-state index in [9.17, 15) is 4.79 Å². The molecule has 0 unspecified atom stereocenters. The van der Waals surface area contributed by atoms with E-state index in [1.54, 1.807) is 0 Å². The van der Waals surface area contributed by atoms with Crippen LogP contribution in [0, 0.1) is 0 Å². The van der Waals surface area contributed by atoms with Gasteiger partial charge >= 0.3 is 0 Å². The van der Waals surface area contributed by atoms with E-state index < -0.39 is 0 Å². The summed E-state index contributed by atoms with van der Waals surface area (Å²) in [5, 5.41) is 9.45.